The predicted molar refractivity (Wildman–Crippen MR) is 129 cm³/mol. The zero-order valence-electron chi connectivity index (χ0n) is 19.8. The van der Waals surface area contributed by atoms with Crippen LogP contribution in [-0.4, -0.2) is 35.9 Å². The van der Waals surface area contributed by atoms with Gasteiger partial charge in [0, 0.05) is 47.8 Å². The van der Waals surface area contributed by atoms with Crippen LogP contribution in [0.5, 0.6) is 0 Å². The maximum atomic E-state index is 13.1. The Morgan fingerprint density at radius 2 is 2.00 bits per heavy atom. The zero-order chi connectivity index (χ0) is 24.5. The summed E-state index contributed by atoms with van der Waals surface area (Å²) in [4.78, 5) is 21.9. The van der Waals surface area contributed by atoms with Crippen LogP contribution in [0.4, 0.5) is 16.0 Å². The fourth-order valence-electron chi connectivity index (χ4n) is 4.29. The Labute approximate surface area is 202 Å². The van der Waals surface area contributed by atoms with Crippen LogP contribution in [0.3, 0.4) is 0 Å². The first kappa shape index (κ1) is 22.7. The van der Waals surface area contributed by atoms with Gasteiger partial charge in [-0.3, -0.25) is 9.89 Å². The molecule has 0 spiro atoms. The molecule has 10 heteroatoms. The molecule has 9 nitrogen and oxygen atoms in total. The zero-order valence-corrected chi connectivity index (χ0v) is 19.8. The molecule has 1 amide bonds. The van der Waals surface area contributed by atoms with Gasteiger partial charge < -0.3 is 10.6 Å². The van der Waals surface area contributed by atoms with Crippen molar-refractivity contribution in [2.24, 2.45) is 5.92 Å². The Morgan fingerprint density at radius 3 is 2.66 bits per heavy atom. The molecule has 1 aliphatic rings. The minimum Gasteiger partial charge on any atom is -0.349 e. The Bertz CT molecular complexity index is 1340. The normalized spacial score (nSPS) is 18.1. The minimum atomic E-state index is -0.559. The summed E-state index contributed by atoms with van der Waals surface area (Å²) in [6.07, 6.45) is 4.71. The van der Waals surface area contributed by atoms with E-state index in [2.05, 4.69) is 37.0 Å². The molecular formula is C25H27FN8O. The third-order valence-corrected chi connectivity index (χ3v) is 6.30. The number of rotatable bonds is 7. The van der Waals surface area contributed by atoms with Crippen LogP contribution in [0.15, 0.2) is 48.8 Å². The number of aryl methyl sites for hydroxylation is 2. The third kappa shape index (κ3) is 5.06. The number of aromatic amines is 1. The number of pyridine rings is 2. The van der Waals surface area contributed by atoms with Gasteiger partial charge in [-0.25, -0.2) is 14.6 Å². The van der Waals surface area contributed by atoms with Gasteiger partial charge >= 0.3 is 0 Å². The Hall–Kier alpha value is -4.08. The first-order valence-electron chi connectivity index (χ1n) is 11.6. The van der Waals surface area contributed by atoms with Gasteiger partial charge in [-0.15, -0.1) is 5.10 Å². The van der Waals surface area contributed by atoms with Gasteiger partial charge in [0.05, 0.1) is 6.04 Å². The first-order chi connectivity index (χ1) is 16.8. The van der Waals surface area contributed by atoms with E-state index in [1.54, 1.807) is 12.3 Å². The van der Waals surface area contributed by atoms with Crippen molar-refractivity contribution in [2.75, 3.05) is 5.32 Å². The van der Waals surface area contributed by atoms with E-state index in [4.69, 9.17) is 4.98 Å². The summed E-state index contributed by atoms with van der Waals surface area (Å²) in [5, 5.41) is 17.2. The Balaban J connectivity index is 1.16. The summed E-state index contributed by atoms with van der Waals surface area (Å²) < 4.78 is 14.5. The van der Waals surface area contributed by atoms with E-state index in [1.165, 1.54) is 16.9 Å². The van der Waals surface area contributed by atoms with Gasteiger partial charge in [0.25, 0.3) is 0 Å². The van der Waals surface area contributed by atoms with Gasteiger partial charge in [0.15, 0.2) is 11.6 Å². The number of hydrogen-bond donors (Lipinski definition) is 3. The lowest BCUT2D eigenvalue weighted by molar-refractivity contribution is -0.128. The summed E-state index contributed by atoms with van der Waals surface area (Å²) >= 11 is 0. The quantitative estimate of drug-likeness (QED) is 0.369. The number of nitrogens with one attached hydrogen (secondary N) is 3. The van der Waals surface area contributed by atoms with Crippen LogP contribution in [0, 0.1) is 25.7 Å². The maximum absolute atomic E-state index is 13.1. The molecule has 1 saturated carbocycles. The highest BCUT2D eigenvalue weighted by Crippen LogP contribution is 2.42. The minimum absolute atomic E-state index is 0.0324. The molecule has 0 aliphatic heterocycles. The number of aromatic nitrogens is 6. The monoisotopic (exact) mass is 474 g/mol. The molecule has 5 rings (SSSR count). The molecule has 0 unspecified atom stereocenters. The third-order valence-electron chi connectivity index (χ3n) is 6.30. The van der Waals surface area contributed by atoms with E-state index in [9.17, 15) is 9.18 Å². The number of nitrogens with zero attached hydrogens (tertiary/aromatic N) is 5. The molecule has 1 atom stereocenters. The van der Waals surface area contributed by atoms with E-state index >= 15 is 0 Å². The topological polar surface area (TPSA) is 113 Å². The Morgan fingerprint density at radius 1 is 1.17 bits per heavy atom. The highest BCUT2D eigenvalue weighted by Gasteiger charge is 2.36. The molecule has 1 aliphatic carbocycles. The van der Waals surface area contributed by atoms with Crippen LogP contribution in [0.25, 0.3) is 5.82 Å². The summed E-state index contributed by atoms with van der Waals surface area (Å²) in [5.74, 6) is 1.67. The van der Waals surface area contributed by atoms with Gasteiger partial charge in [0.1, 0.15) is 5.82 Å². The second-order valence-corrected chi connectivity index (χ2v) is 9.14. The summed E-state index contributed by atoms with van der Waals surface area (Å²) in [5.41, 5.74) is 3.95. The highest BCUT2D eigenvalue weighted by atomic mass is 19.1. The van der Waals surface area contributed by atoms with Crippen molar-refractivity contribution in [1.82, 2.24) is 35.3 Å². The molecule has 0 saturated heterocycles. The lowest BCUT2D eigenvalue weighted by atomic mass is 9.72. The Kier molecular flexibility index (Phi) is 6.02. The number of carbonyl (C=O) groups excluding carboxylic acids is 1. The molecule has 35 heavy (non-hydrogen) atoms. The fraction of sp³-hybridized carbons (Fsp3) is 0.320. The summed E-state index contributed by atoms with van der Waals surface area (Å²) in [7, 11) is 0. The van der Waals surface area contributed by atoms with Crippen molar-refractivity contribution in [1.29, 1.82) is 0 Å². The number of carbonyl (C=O) groups is 1. The standard InChI is InChI=1S/C25H27FN8O/c1-14-8-20(29-22(9-14)30-23-10-15(2)31-32-23)18-11-19(12-18)25(35)28-16(3)17-4-5-24(27-13-17)34-7-6-21(26)33-34/h4-10,13,16,18-19H,11-12H2,1-3H3,(H,28,35)(H2,29,30,31,32)/t16-,18-,19-/m0/s1. The molecule has 0 bridgehead atoms. The molecule has 0 radical (unpaired) electrons. The van der Waals surface area contributed by atoms with Crippen LogP contribution in [0.1, 0.15) is 54.2 Å². The van der Waals surface area contributed by atoms with Crippen LogP contribution < -0.4 is 10.6 Å². The molecule has 4 heterocycles. The number of anilines is 2. The number of halogens is 1. The molecule has 4 aromatic heterocycles. The highest BCUT2D eigenvalue weighted by molar-refractivity contribution is 5.80. The fourth-order valence-corrected chi connectivity index (χ4v) is 4.29. The van der Waals surface area contributed by atoms with Crippen molar-refractivity contribution < 1.29 is 9.18 Å². The van der Waals surface area contributed by atoms with Gasteiger partial charge in [-0.05, 0) is 62.9 Å². The number of H-pyrrole nitrogens is 1. The molecule has 0 aromatic carbocycles. The van der Waals surface area contributed by atoms with Crippen molar-refractivity contribution >= 4 is 17.5 Å². The van der Waals surface area contributed by atoms with Gasteiger partial charge in [0.2, 0.25) is 11.9 Å². The molecule has 3 N–H and O–H groups in total. The van der Waals surface area contributed by atoms with E-state index < -0.39 is 5.95 Å². The van der Waals surface area contributed by atoms with Crippen molar-refractivity contribution in [3.8, 4) is 5.82 Å². The van der Waals surface area contributed by atoms with E-state index in [0.717, 1.165) is 47.0 Å². The van der Waals surface area contributed by atoms with Crippen molar-refractivity contribution in [3.05, 3.63) is 77.3 Å². The smallest absolute Gasteiger partial charge is 0.233 e. The summed E-state index contributed by atoms with van der Waals surface area (Å²) in [6.45, 7) is 5.91. The maximum Gasteiger partial charge on any atom is 0.233 e. The largest absolute Gasteiger partial charge is 0.349 e. The molecule has 180 valence electrons. The summed E-state index contributed by atoms with van der Waals surface area (Å²) in [6, 6.07) is 10.7. The van der Waals surface area contributed by atoms with Crippen molar-refractivity contribution in [2.45, 2.75) is 45.6 Å². The van der Waals surface area contributed by atoms with E-state index in [0.29, 0.717) is 5.82 Å². The molecule has 4 aromatic rings. The molecular weight excluding hydrogens is 447 g/mol. The lowest BCUT2D eigenvalue weighted by Crippen LogP contribution is -2.39. The van der Waals surface area contributed by atoms with E-state index in [1.807, 2.05) is 39.0 Å². The molecule has 1 fully saturated rings. The van der Waals surface area contributed by atoms with Gasteiger partial charge in [-0.1, -0.05) is 6.07 Å². The second-order valence-electron chi connectivity index (χ2n) is 9.14. The second kappa shape index (κ2) is 9.28. The number of hydrogen-bond acceptors (Lipinski definition) is 6. The average Bonchev–Trinajstić information content (AvgIpc) is 3.40. The van der Waals surface area contributed by atoms with Crippen LogP contribution >= 0.6 is 0 Å². The van der Waals surface area contributed by atoms with E-state index in [-0.39, 0.29) is 23.8 Å². The lowest BCUT2D eigenvalue weighted by Gasteiger charge is -2.35. The SMILES string of the molecule is Cc1cc(Nc2cc(C)[nH]n2)nc([C@H]2C[C@H](C(=O)N[C@@H](C)c3ccc(-n4ccc(F)n4)nc3)C2)c1. The van der Waals surface area contributed by atoms with Crippen molar-refractivity contribution in [3.63, 3.8) is 0 Å². The van der Waals surface area contributed by atoms with Crippen LogP contribution in [-0.2, 0) is 4.79 Å². The first-order valence-corrected chi connectivity index (χ1v) is 11.6. The van der Waals surface area contributed by atoms with Gasteiger partial charge in [-0.2, -0.15) is 9.49 Å². The average molecular weight is 475 g/mol. The van der Waals surface area contributed by atoms with Crippen LogP contribution in [0.2, 0.25) is 0 Å². The number of amides is 1. The predicted octanol–water partition coefficient (Wildman–Crippen LogP) is 4.26.